The van der Waals surface area contributed by atoms with Crippen LogP contribution < -0.4 is 14.8 Å². The number of thiophene rings is 2. The van der Waals surface area contributed by atoms with Crippen LogP contribution in [-0.4, -0.2) is 37.3 Å². The van der Waals surface area contributed by atoms with Gasteiger partial charge in [0.1, 0.15) is 24.4 Å². The van der Waals surface area contributed by atoms with Crippen LogP contribution in [0.1, 0.15) is 43.5 Å². The number of benzene rings is 3. The minimum absolute atomic E-state index is 0.284. The highest BCUT2D eigenvalue weighted by atomic mass is 32.1. The summed E-state index contributed by atoms with van der Waals surface area (Å²) in [6.45, 7) is 8.39. The zero-order chi connectivity index (χ0) is 28.8. The number of hydrogen-bond acceptors (Lipinski definition) is 5. The van der Waals surface area contributed by atoms with Gasteiger partial charge in [0.15, 0.2) is 0 Å². The molecule has 1 aliphatic carbocycles. The monoisotopic (exact) mass is 593 g/mol. The molecule has 0 atom stereocenters. The number of anilines is 1. The molecule has 3 aliphatic rings. The summed E-state index contributed by atoms with van der Waals surface area (Å²) in [6, 6.07) is 24.5. The second-order valence-electron chi connectivity index (χ2n) is 10.9. The number of aromatic carboxylic acids is 1. The van der Waals surface area contributed by atoms with E-state index < -0.39 is 5.97 Å². The summed E-state index contributed by atoms with van der Waals surface area (Å²) in [7, 11) is 0. The van der Waals surface area contributed by atoms with E-state index in [9.17, 15) is 9.90 Å². The van der Waals surface area contributed by atoms with E-state index in [1.165, 1.54) is 38.5 Å². The minimum Gasteiger partial charge on any atom is -0.478 e. The first-order chi connectivity index (χ1) is 20.5. The number of carbonyl (C=O) groups is 1. The topological polar surface area (TPSA) is 56.7 Å². The average Bonchev–Trinajstić information content (AvgIpc) is 3.61. The van der Waals surface area contributed by atoms with E-state index >= 15 is 0 Å². The molecule has 7 rings (SSSR count). The molecule has 2 aromatic carbocycles. The lowest BCUT2D eigenvalue weighted by Crippen LogP contribution is -2.29. The Morgan fingerprint density at radius 3 is 2.43 bits per heavy atom. The third kappa shape index (κ3) is 4.71. The van der Waals surface area contributed by atoms with E-state index in [1.807, 2.05) is 34.8 Å². The van der Waals surface area contributed by atoms with Crippen molar-refractivity contribution in [3.05, 3.63) is 83.7 Å². The Hall–Kier alpha value is -3.94. The SMILES string of the molecule is CC[N+](CC)=c1ccc2c(-c3ccccc3C(=O)O)c3ccc(-c4cc5sc(N6CCCCC6)cc5s4)cc3oc-2c1. The van der Waals surface area contributed by atoms with Crippen LogP contribution in [0.3, 0.4) is 0 Å². The number of fused-ring (bicyclic) bond motifs is 3. The fourth-order valence-electron chi connectivity index (χ4n) is 6.23. The number of hydrogen-bond donors (Lipinski definition) is 1. The zero-order valence-corrected chi connectivity index (χ0v) is 25.5. The maximum absolute atomic E-state index is 12.3. The normalized spacial score (nSPS) is 13.8. The zero-order valence-electron chi connectivity index (χ0n) is 23.9. The molecule has 42 heavy (non-hydrogen) atoms. The van der Waals surface area contributed by atoms with Crippen molar-refractivity contribution in [3.8, 4) is 32.9 Å². The summed E-state index contributed by atoms with van der Waals surface area (Å²) in [5, 5.41) is 13.4. The third-order valence-corrected chi connectivity index (χ3v) is 10.8. The van der Waals surface area contributed by atoms with E-state index in [4.69, 9.17) is 4.42 Å². The number of carboxylic acids is 1. The van der Waals surface area contributed by atoms with Crippen molar-refractivity contribution in [3.63, 3.8) is 0 Å². The maximum Gasteiger partial charge on any atom is 0.336 e. The largest absolute Gasteiger partial charge is 0.478 e. The van der Waals surface area contributed by atoms with Gasteiger partial charge in [-0.05, 0) is 80.6 Å². The molecule has 0 amide bonds. The molecule has 212 valence electrons. The van der Waals surface area contributed by atoms with Crippen LogP contribution in [0.2, 0.25) is 0 Å². The minimum atomic E-state index is -0.938. The molecule has 2 aliphatic heterocycles. The van der Waals surface area contributed by atoms with Crippen LogP contribution in [0, 0.1) is 0 Å². The summed E-state index contributed by atoms with van der Waals surface area (Å²) < 4.78 is 11.6. The Balaban J connectivity index is 1.41. The molecule has 0 spiro atoms. The average molecular weight is 594 g/mol. The molecule has 1 saturated heterocycles. The van der Waals surface area contributed by atoms with E-state index in [0.29, 0.717) is 5.56 Å². The highest BCUT2D eigenvalue weighted by Crippen LogP contribution is 2.45. The van der Waals surface area contributed by atoms with Gasteiger partial charge in [0.25, 0.3) is 0 Å². The van der Waals surface area contributed by atoms with Crippen LogP contribution in [0.25, 0.3) is 53.3 Å². The van der Waals surface area contributed by atoms with Crippen LogP contribution in [0.5, 0.6) is 0 Å². The fraction of sp³-hybridized carbons (Fsp3) is 0.257. The Morgan fingerprint density at radius 2 is 1.67 bits per heavy atom. The number of piperidine rings is 1. The first-order valence-corrected chi connectivity index (χ1v) is 16.4. The summed E-state index contributed by atoms with van der Waals surface area (Å²) in [6.07, 6.45) is 3.89. The van der Waals surface area contributed by atoms with E-state index in [1.54, 1.807) is 12.1 Å². The van der Waals surface area contributed by atoms with Gasteiger partial charge in [-0.2, -0.15) is 0 Å². The smallest absolute Gasteiger partial charge is 0.336 e. The van der Waals surface area contributed by atoms with Gasteiger partial charge in [0.2, 0.25) is 5.36 Å². The van der Waals surface area contributed by atoms with E-state index in [0.717, 1.165) is 65.0 Å². The van der Waals surface area contributed by atoms with Gasteiger partial charge < -0.3 is 14.4 Å². The molecule has 0 bridgehead atoms. The fourth-order valence-corrected chi connectivity index (χ4v) is 8.67. The molecule has 2 aromatic heterocycles. The molecule has 0 saturated carbocycles. The van der Waals surface area contributed by atoms with Crippen molar-refractivity contribution < 1.29 is 14.3 Å². The van der Waals surface area contributed by atoms with Crippen LogP contribution in [0.15, 0.2) is 77.2 Å². The lowest BCUT2D eigenvalue weighted by molar-refractivity contribution is 0.0697. The van der Waals surface area contributed by atoms with Gasteiger partial charge in [0.05, 0.1) is 16.6 Å². The van der Waals surface area contributed by atoms with Crippen molar-refractivity contribution >= 4 is 54.0 Å². The van der Waals surface area contributed by atoms with Gasteiger partial charge in [0, 0.05) is 49.9 Å². The van der Waals surface area contributed by atoms with Crippen molar-refractivity contribution in [1.82, 2.24) is 4.58 Å². The maximum atomic E-state index is 12.3. The molecule has 1 N–H and O–H groups in total. The molecule has 0 radical (unpaired) electrons. The van der Waals surface area contributed by atoms with Crippen LogP contribution in [-0.2, 0) is 0 Å². The summed E-state index contributed by atoms with van der Waals surface area (Å²) in [4.78, 5) is 16.0. The molecule has 1 fully saturated rings. The lowest BCUT2D eigenvalue weighted by Gasteiger charge is -2.26. The molecular weight excluding hydrogens is 561 g/mol. The third-order valence-electron chi connectivity index (χ3n) is 8.41. The summed E-state index contributed by atoms with van der Waals surface area (Å²) in [5.41, 5.74) is 4.63. The Bertz CT molecular complexity index is 1950. The second kappa shape index (κ2) is 11.0. The highest BCUT2D eigenvalue weighted by Gasteiger charge is 2.23. The van der Waals surface area contributed by atoms with Gasteiger partial charge in [-0.1, -0.05) is 24.3 Å². The van der Waals surface area contributed by atoms with Crippen molar-refractivity contribution in [2.45, 2.75) is 33.1 Å². The Labute approximate surface area is 252 Å². The Morgan fingerprint density at radius 1 is 0.881 bits per heavy atom. The predicted molar refractivity (Wildman–Crippen MR) is 176 cm³/mol. The molecule has 0 unspecified atom stereocenters. The number of rotatable bonds is 6. The van der Waals surface area contributed by atoms with Crippen LogP contribution >= 0.6 is 22.7 Å². The molecular formula is C35H33N2O3S2+. The van der Waals surface area contributed by atoms with Crippen molar-refractivity contribution in [2.75, 3.05) is 31.1 Å². The molecule has 7 heteroatoms. The first-order valence-electron chi connectivity index (χ1n) is 14.7. The highest BCUT2D eigenvalue weighted by molar-refractivity contribution is 7.31. The predicted octanol–water partition coefficient (Wildman–Crippen LogP) is 8.65. The molecule has 5 nitrogen and oxygen atoms in total. The lowest BCUT2D eigenvalue weighted by atomic mass is 9.90. The summed E-state index contributed by atoms with van der Waals surface area (Å²) >= 11 is 3.71. The quantitative estimate of drug-likeness (QED) is 0.155. The number of nitrogens with zero attached hydrogens (tertiary/aromatic N) is 2. The number of carboxylic acid groups (broad SMARTS) is 1. The van der Waals surface area contributed by atoms with E-state index in [2.05, 4.69) is 71.9 Å². The second-order valence-corrected chi connectivity index (χ2v) is 13.0. The van der Waals surface area contributed by atoms with Crippen molar-refractivity contribution in [1.29, 1.82) is 0 Å². The van der Waals surface area contributed by atoms with Crippen molar-refractivity contribution in [2.24, 2.45) is 0 Å². The van der Waals surface area contributed by atoms with Gasteiger partial charge in [-0.3, -0.25) is 0 Å². The Kier molecular flexibility index (Phi) is 7.08. The molecule has 4 heterocycles. The standard InChI is InChI=1S/C35H32N2O3S2/c1-3-36(4-2)23-13-15-27-29(19-23)40-28-18-22(12-14-26(28)34(27)24-10-6-7-11-25(24)35(38)39)30-20-31-32(41-30)21-33(42-31)37-16-8-5-9-17-37/h6-7,10-15,18-21H,3-5,8-9,16-17H2,1-2H3/p+1. The van der Waals surface area contributed by atoms with Crippen LogP contribution in [0.4, 0.5) is 5.00 Å². The van der Waals surface area contributed by atoms with Gasteiger partial charge in [-0.15, -0.1) is 22.7 Å². The van der Waals surface area contributed by atoms with Gasteiger partial charge >= 0.3 is 5.97 Å². The van der Waals surface area contributed by atoms with Gasteiger partial charge in [-0.25, -0.2) is 9.37 Å². The first kappa shape index (κ1) is 26.9. The molecule has 4 aromatic rings. The summed E-state index contributed by atoms with van der Waals surface area (Å²) in [5.74, 6) is -0.191. The van der Waals surface area contributed by atoms with E-state index in [-0.39, 0.29) is 5.56 Å².